The molecule has 128 valence electrons. The van der Waals surface area contributed by atoms with Crippen LogP contribution in [0.1, 0.15) is 26.3 Å². The van der Waals surface area contributed by atoms with Crippen molar-refractivity contribution in [3.8, 4) is 0 Å². The second kappa shape index (κ2) is 6.73. The molecule has 3 rings (SSSR count). The van der Waals surface area contributed by atoms with Gasteiger partial charge in [0.05, 0.1) is 17.2 Å². The van der Waals surface area contributed by atoms with Crippen molar-refractivity contribution in [2.24, 2.45) is 0 Å². The number of fused-ring (bicyclic) bond motifs is 1. The number of amides is 2. The largest absolute Gasteiger partial charge is 0.284 e. The van der Waals surface area contributed by atoms with Gasteiger partial charge in [0, 0.05) is 17.1 Å². The minimum absolute atomic E-state index is 0.0551. The number of benzene rings is 2. The van der Waals surface area contributed by atoms with E-state index in [0.29, 0.717) is 6.54 Å². The average Bonchev–Trinajstić information content (AvgIpc) is 2.82. The summed E-state index contributed by atoms with van der Waals surface area (Å²) in [6, 6.07) is 11.8. The number of nitro groups is 1. The Kier molecular flexibility index (Phi) is 4.65. The van der Waals surface area contributed by atoms with Gasteiger partial charge in [0.2, 0.25) is 0 Å². The SMILES string of the molecule is CN(Cc1ccc(Br)cc1)CN1C(=O)c2cccc([N+](=O)[O-])c2C1=O. The third-order valence-corrected chi connectivity index (χ3v) is 4.45. The third kappa shape index (κ3) is 3.31. The van der Waals surface area contributed by atoms with Crippen LogP contribution in [0.5, 0.6) is 0 Å². The average molecular weight is 404 g/mol. The Balaban J connectivity index is 1.79. The molecular formula is C17H14BrN3O4. The molecule has 0 bridgehead atoms. The fourth-order valence-electron chi connectivity index (χ4n) is 2.79. The number of imide groups is 1. The number of halogens is 1. The normalized spacial score (nSPS) is 13.5. The lowest BCUT2D eigenvalue weighted by atomic mass is 10.1. The van der Waals surface area contributed by atoms with Crippen molar-refractivity contribution in [2.75, 3.05) is 13.7 Å². The zero-order chi connectivity index (χ0) is 18.1. The number of hydrogen-bond acceptors (Lipinski definition) is 5. The third-order valence-electron chi connectivity index (χ3n) is 3.92. The fourth-order valence-corrected chi connectivity index (χ4v) is 3.05. The van der Waals surface area contributed by atoms with Crippen LogP contribution in [0, 0.1) is 10.1 Å². The molecule has 2 aromatic carbocycles. The predicted octanol–water partition coefficient (Wildman–Crippen LogP) is 3.04. The van der Waals surface area contributed by atoms with Crippen LogP contribution in [0.3, 0.4) is 0 Å². The maximum Gasteiger partial charge on any atom is 0.282 e. The molecular weight excluding hydrogens is 390 g/mol. The van der Waals surface area contributed by atoms with Crippen LogP contribution in [-0.4, -0.2) is 40.3 Å². The molecule has 0 saturated carbocycles. The number of carbonyl (C=O) groups excluding carboxylic acids is 2. The maximum atomic E-state index is 12.5. The monoisotopic (exact) mass is 403 g/mol. The van der Waals surface area contributed by atoms with E-state index < -0.39 is 16.7 Å². The first-order valence-electron chi connectivity index (χ1n) is 7.45. The van der Waals surface area contributed by atoms with E-state index in [1.807, 2.05) is 24.3 Å². The summed E-state index contributed by atoms with van der Waals surface area (Å²) >= 11 is 3.37. The Morgan fingerprint density at radius 2 is 1.80 bits per heavy atom. The van der Waals surface area contributed by atoms with Gasteiger partial charge in [0.15, 0.2) is 0 Å². The van der Waals surface area contributed by atoms with E-state index in [1.165, 1.54) is 18.2 Å². The summed E-state index contributed by atoms with van der Waals surface area (Å²) in [4.78, 5) is 38.3. The second-order valence-corrected chi connectivity index (χ2v) is 6.69. The van der Waals surface area contributed by atoms with E-state index in [-0.39, 0.29) is 23.5 Å². The van der Waals surface area contributed by atoms with E-state index in [4.69, 9.17) is 0 Å². The van der Waals surface area contributed by atoms with E-state index in [2.05, 4.69) is 15.9 Å². The van der Waals surface area contributed by atoms with Gasteiger partial charge in [-0.25, -0.2) is 0 Å². The molecule has 1 aliphatic rings. The van der Waals surface area contributed by atoms with Gasteiger partial charge < -0.3 is 0 Å². The van der Waals surface area contributed by atoms with Gasteiger partial charge in [0.1, 0.15) is 5.56 Å². The predicted molar refractivity (Wildman–Crippen MR) is 94.1 cm³/mol. The first kappa shape index (κ1) is 17.2. The van der Waals surface area contributed by atoms with Gasteiger partial charge in [-0.05, 0) is 30.8 Å². The number of rotatable bonds is 5. The summed E-state index contributed by atoms with van der Waals surface area (Å²) in [5.41, 5.74) is 0.632. The molecule has 2 amide bonds. The molecule has 8 heteroatoms. The van der Waals surface area contributed by atoms with E-state index >= 15 is 0 Å². The van der Waals surface area contributed by atoms with E-state index in [0.717, 1.165) is 14.9 Å². The molecule has 0 unspecified atom stereocenters. The van der Waals surface area contributed by atoms with Crippen molar-refractivity contribution >= 4 is 33.4 Å². The van der Waals surface area contributed by atoms with Crippen molar-refractivity contribution in [3.05, 3.63) is 73.7 Å². The zero-order valence-electron chi connectivity index (χ0n) is 13.3. The Bertz CT molecular complexity index is 867. The van der Waals surface area contributed by atoms with Crippen LogP contribution in [-0.2, 0) is 6.54 Å². The Labute approximate surface area is 152 Å². The van der Waals surface area contributed by atoms with E-state index in [9.17, 15) is 19.7 Å². The number of nitrogens with zero attached hydrogens (tertiary/aromatic N) is 3. The van der Waals surface area contributed by atoms with Gasteiger partial charge in [0.25, 0.3) is 17.5 Å². The van der Waals surface area contributed by atoms with Crippen LogP contribution in [0.2, 0.25) is 0 Å². The Morgan fingerprint density at radius 3 is 2.44 bits per heavy atom. The molecule has 0 fully saturated rings. The lowest BCUT2D eigenvalue weighted by Gasteiger charge is -2.22. The van der Waals surface area contributed by atoms with Gasteiger partial charge in [-0.2, -0.15) is 0 Å². The quantitative estimate of drug-likeness (QED) is 0.435. The smallest absolute Gasteiger partial charge is 0.282 e. The molecule has 0 spiro atoms. The van der Waals surface area contributed by atoms with Crippen molar-refractivity contribution < 1.29 is 14.5 Å². The van der Waals surface area contributed by atoms with Crippen molar-refractivity contribution in [2.45, 2.75) is 6.54 Å². The molecule has 0 N–H and O–H groups in total. The highest BCUT2D eigenvalue weighted by atomic mass is 79.9. The van der Waals surface area contributed by atoms with Gasteiger partial charge in [-0.3, -0.25) is 29.5 Å². The summed E-state index contributed by atoms with van der Waals surface area (Å²) < 4.78 is 0.964. The van der Waals surface area contributed by atoms with E-state index in [1.54, 1.807) is 11.9 Å². The van der Waals surface area contributed by atoms with Crippen molar-refractivity contribution in [3.63, 3.8) is 0 Å². The molecule has 2 aromatic rings. The lowest BCUT2D eigenvalue weighted by molar-refractivity contribution is -0.385. The minimum Gasteiger partial charge on any atom is -0.284 e. The molecule has 1 heterocycles. The number of hydrogen-bond donors (Lipinski definition) is 0. The van der Waals surface area contributed by atoms with Crippen molar-refractivity contribution in [1.29, 1.82) is 0 Å². The van der Waals surface area contributed by atoms with Crippen molar-refractivity contribution in [1.82, 2.24) is 9.80 Å². The molecule has 25 heavy (non-hydrogen) atoms. The first-order valence-corrected chi connectivity index (χ1v) is 8.24. The molecule has 0 radical (unpaired) electrons. The lowest BCUT2D eigenvalue weighted by Crippen LogP contribution is -2.39. The summed E-state index contributed by atoms with van der Waals surface area (Å²) in [7, 11) is 1.78. The maximum absolute atomic E-state index is 12.5. The van der Waals surface area contributed by atoms with Gasteiger partial charge in [-0.15, -0.1) is 0 Å². The Morgan fingerprint density at radius 1 is 1.12 bits per heavy atom. The minimum atomic E-state index is -0.640. The zero-order valence-corrected chi connectivity index (χ0v) is 14.9. The standard InChI is InChI=1S/C17H14BrN3O4/c1-19(9-11-5-7-12(18)8-6-11)10-20-16(22)13-3-2-4-14(21(24)25)15(13)17(20)23/h2-8H,9-10H2,1H3. The van der Waals surface area contributed by atoms with Crippen LogP contribution in [0.25, 0.3) is 0 Å². The summed E-state index contributed by atoms with van der Waals surface area (Å²) in [6.45, 7) is 0.586. The second-order valence-electron chi connectivity index (χ2n) is 5.78. The molecule has 0 atom stereocenters. The van der Waals surface area contributed by atoms with Crippen LogP contribution in [0.4, 0.5) is 5.69 Å². The molecule has 0 aliphatic carbocycles. The van der Waals surface area contributed by atoms with Crippen LogP contribution >= 0.6 is 15.9 Å². The number of nitro benzene ring substituents is 1. The molecule has 1 aliphatic heterocycles. The molecule has 7 nitrogen and oxygen atoms in total. The summed E-state index contributed by atoms with van der Waals surface area (Å²) in [6.07, 6.45) is 0. The van der Waals surface area contributed by atoms with Crippen LogP contribution in [0.15, 0.2) is 46.9 Å². The summed E-state index contributed by atoms with van der Waals surface area (Å²) in [5, 5.41) is 11.1. The topological polar surface area (TPSA) is 83.8 Å². The van der Waals surface area contributed by atoms with Gasteiger partial charge in [-0.1, -0.05) is 34.1 Å². The highest BCUT2D eigenvalue weighted by molar-refractivity contribution is 9.10. The first-order chi connectivity index (χ1) is 11.9. The van der Waals surface area contributed by atoms with Crippen LogP contribution < -0.4 is 0 Å². The highest BCUT2D eigenvalue weighted by Crippen LogP contribution is 2.30. The fraction of sp³-hybridized carbons (Fsp3) is 0.176. The number of carbonyl (C=O) groups is 2. The Hall–Kier alpha value is -2.58. The molecule has 0 aromatic heterocycles. The van der Waals surface area contributed by atoms with Gasteiger partial charge >= 0.3 is 0 Å². The summed E-state index contributed by atoms with van der Waals surface area (Å²) in [5.74, 6) is -1.14. The molecule has 0 saturated heterocycles. The highest BCUT2D eigenvalue weighted by Gasteiger charge is 2.41.